The number of hydrogen-bond donors (Lipinski definition) is 1. The number of piperidine rings is 1. The Balaban J connectivity index is 1.89. The fourth-order valence-electron chi connectivity index (χ4n) is 1.94. The van der Waals surface area contributed by atoms with Crippen molar-refractivity contribution in [3.05, 3.63) is 39.9 Å². The van der Waals surface area contributed by atoms with Gasteiger partial charge in [0.1, 0.15) is 0 Å². The van der Waals surface area contributed by atoms with E-state index in [1.165, 1.54) is 6.07 Å². The molecule has 1 aromatic carbocycles. The van der Waals surface area contributed by atoms with Crippen LogP contribution in [-0.4, -0.2) is 24.1 Å². The van der Waals surface area contributed by atoms with E-state index in [0.717, 1.165) is 31.5 Å². The molecule has 1 fully saturated rings. The second-order valence-electron chi connectivity index (χ2n) is 4.19. The first-order valence-electron chi connectivity index (χ1n) is 5.81. The zero-order chi connectivity index (χ0) is 12.1. The molecule has 1 aliphatic rings. The van der Waals surface area contributed by atoms with Gasteiger partial charge < -0.3 is 10.1 Å². The van der Waals surface area contributed by atoms with E-state index in [0.29, 0.717) is 6.61 Å². The lowest BCUT2D eigenvalue weighted by molar-refractivity contribution is -0.385. The Morgan fingerprint density at radius 3 is 2.88 bits per heavy atom. The summed E-state index contributed by atoms with van der Waals surface area (Å²) in [5.41, 5.74) is 0.981. The van der Waals surface area contributed by atoms with E-state index in [-0.39, 0.29) is 16.7 Å². The van der Waals surface area contributed by atoms with Gasteiger partial charge >= 0.3 is 0 Å². The van der Waals surface area contributed by atoms with Crippen molar-refractivity contribution in [3.63, 3.8) is 0 Å². The molecular formula is C12H16N2O3. The van der Waals surface area contributed by atoms with Crippen LogP contribution in [0.5, 0.6) is 0 Å². The average Bonchev–Trinajstić information content (AvgIpc) is 2.38. The van der Waals surface area contributed by atoms with Crippen LogP contribution in [0.3, 0.4) is 0 Å². The summed E-state index contributed by atoms with van der Waals surface area (Å²) < 4.78 is 5.74. The van der Waals surface area contributed by atoms with Crippen molar-refractivity contribution in [3.8, 4) is 0 Å². The number of rotatable bonds is 4. The highest BCUT2D eigenvalue weighted by Crippen LogP contribution is 2.16. The van der Waals surface area contributed by atoms with Gasteiger partial charge in [-0.05, 0) is 31.5 Å². The minimum atomic E-state index is -0.381. The Labute approximate surface area is 99.9 Å². The highest BCUT2D eigenvalue weighted by atomic mass is 16.6. The van der Waals surface area contributed by atoms with Gasteiger partial charge in [0.05, 0.1) is 17.6 Å². The molecular weight excluding hydrogens is 220 g/mol. The van der Waals surface area contributed by atoms with Gasteiger partial charge in [0, 0.05) is 12.1 Å². The smallest absolute Gasteiger partial charge is 0.269 e. The van der Waals surface area contributed by atoms with Crippen LogP contribution in [-0.2, 0) is 11.3 Å². The van der Waals surface area contributed by atoms with Gasteiger partial charge in [0.15, 0.2) is 0 Å². The first kappa shape index (κ1) is 12.0. The Bertz CT molecular complexity index is 389. The summed E-state index contributed by atoms with van der Waals surface area (Å²) in [5, 5.41) is 13.9. The van der Waals surface area contributed by atoms with Crippen LogP contribution in [0.25, 0.3) is 0 Å². The lowest BCUT2D eigenvalue weighted by Crippen LogP contribution is -2.32. The summed E-state index contributed by atoms with van der Waals surface area (Å²) >= 11 is 0. The topological polar surface area (TPSA) is 64.4 Å². The molecule has 0 radical (unpaired) electrons. The molecule has 0 amide bonds. The van der Waals surface area contributed by atoms with E-state index in [1.54, 1.807) is 12.1 Å². The molecule has 5 nitrogen and oxygen atoms in total. The van der Waals surface area contributed by atoms with Gasteiger partial charge in [-0.3, -0.25) is 10.1 Å². The van der Waals surface area contributed by atoms with Gasteiger partial charge in [-0.25, -0.2) is 0 Å². The van der Waals surface area contributed by atoms with Crippen molar-refractivity contribution in [1.82, 2.24) is 5.32 Å². The van der Waals surface area contributed by atoms with Crippen LogP contribution in [0.4, 0.5) is 5.69 Å². The standard InChI is InChI=1S/C12H16N2O3/c15-14(16)11-3-1-2-10(8-11)9-17-12-4-6-13-7-5-12/h1-3,8,12-13H,4-7,9H2. The molecule has 17 heavy (non-hydrogen) atoms. The summed E-state index contributed by atoms with van der Waals surface area (Å²) in [6.45, 7) is 2.42. The van der Waals surface area contributed by atoms with Crippen LogP contribution in [0, 0.1) is 10.1 Å². The number of ether oxygens (including phenoxy) is 1. The molecule has 0 aromatic heterocycles. The average molecular weight is 236 g/mol. The monoisotopic (exact) mass is 236 g/mol. The number of non-ortho nitro benzene ring substituents is 1. The maximum atomic E-state index is 10.6. The molecule has 92 valence electrons. The number of nitro benzene ring substituents is 1. The zero-order valence-corrected chi connectivity index (χ0v) is 9.59. The molecule has 0 aliphatic carbocycles. The molecule has 0 bridgehead atoms. The van der Waals surface area contributed by atoms with Crippen molar-refractivity contribution in [2.45, 2.75) is 25.6 Å². The predicted molar refractivity (Wildman–Crippen MR) is 63.8 cm³/mol. The van der Waals surface area contributed by atoms with Gasteiger partial charge in [0.2, 0.25) is 0 Å². The van der Waals surface area contributed by atoms with E-state index >= 15 is 0 Å². The van der Waals surface area contributed by atoms with E-state index in [9.17, 15) is 10.1 Å². The first-order valence-corrected chi connectivity index (χ1v) is 5.81. The molecule has 0 unspecified atom stereocenters. The molecule has 0 atom stereocenters. The second kappa shape index (κ2) is 5.75. The van der Waals surface area contributed by atoms with E-state index in [2.05, 4.69) is 5.32 Å². The number of nitrogens with one attached hydrogen (secondary N) is 1. The largest absolute Gasteiger partial charge is 0.373 e. The molecule has 1 heterocycles. The molecule has 2 rings (SSSR count). The second-order valence-corrected chi connectivity index (χ2v) is 4.19. The van der Waals surface area contributed by atoms with Crippen LogP contribution in [0.2, 0.25) is 0 Å². The van der Waals surface area contributed by atoms with Crippen LogP contribution in [0.15, 0.2) is 24.3 Å². The zero-order valence-electron chi connectivity index (χ0n) is 9.59. The number of hydrogen-bond acceptors (Lipinski definition) is 4. The third-order valence-corrected chi connectivity index (χ3v) is 2.89. The fourth-order valence-corrected chi connectivity index (χ4v) is 1.94. The van der Waals surface area contributed by atoms with E-state index in [1.807, 2.05) is 6.07 Å². The maximum Gasteiger partial charge on any atom is 0.269 e. The minimum absolute atomic E-state index is 0.122. The lowest BCUT2D eigenvalue weighted by Gasteiger charge is -2.22. The molecule has 1 saturated heterocycles. The molecule has 5 heteroatoms. The van der Waals surface area contributed by atoms with Gasteiger partial charge in [0.25, 0.3) is 5.69 Å². The summed E-state index contributed by atoms with van der Waals surface area (Å²) in [7, 11) is 0. The van der Waals surface area contributed by atoms with Crippen molar-refractivity contribution < 1.29 is 9.66 Å². The maximum absolute atomic E-state index is 10.6. The Morgan fingerprint density at radius 2 is 2.18 bits per heavy atom. The third kappa shape index (κ3) is 3.51. The van der Waals surface area contributed by atoms with E-state index in [4.69, 9.17) is 4.74 Å². The first-order chi connectivity index (χ1) is 8.25. The van der Waals surface area contributed by atoms with Crippen molar-refractivity contribution in [2.24, 2.45) is 0 Å². The molecule has 0 spiro atoms. The van der Waals surface area contributed by atoms with Crippen LogP contribution >= 0.6 is 0 Å². The third-order valence-electron chi connectivity index (χ3n) is 2.89. The highest BCUT2D eigenvalue weighted by Gasteiger charge is 2.13. The molecule has 1 aromatic rings. The van der Waals surface area contributed by atoms with Gasteiger partial charge in [-0.2, -0.15) is 0 Å². The van der Waals surface area contributed by atoms with Crippen molar-refractivity contribution in [1.29, 1.82) is 0 Å². The molecule has 1 aliphatic heterocycles. The molecule has 0 saturated carbocycles. The molecule has 1 N–H and O–H groups in total. The normalized spacial score (nSPS) is 16.9. The quantitative estimate of drug-likeness (QED) is 0.640. The van der Waals surface area contributed by atoms with Crippen LogP contribution < -0.4 is 5.32 Å². The highest BCUT2D eigenvalue weighted by molar-refractivity contribution is 5.33. The summed E-state index contributed by atoms with van der Waals surface area (Å²) in [6.07, 6.45) is 2.29. The fraction of sp³-hybridized carbons (Fsp3) is 0.500. The van der Waals surface area contributed by atoms with Gasteiger partial charge in [-0.1, -0.05) is 12.1 Å². The van der Waals surface area contributed by atoms with Crippen LogP contribution in [0.1, 0.15) is 18.4 Å². The number of nitro groups is 1. The minimum Gasteiger partial charge on any atom is -0.373 e. The summed E-state index contributed by atoms with van der Waals surface area (Å²) in [6, 6.07) is 6.61. The van der Waals surface area contributed by atoms with E-state index < -0.39 is 0 Å². The Morgan fingerprint density at radius 1 is 1.41 bits per heavy atom. The van der Waals surface area contributed by atoms with Crippen molar-refractivity contribution >= 4 is 5.69 Å². The Kier molecular flexibility index (Phi) is 4.06. The lowest BCUT2D eigenvalue weighted by atomic mass is 10.1. The Hall–Kier alpha value is -1.46. The predicted octanol–water partition coefficient (Wildman–Crippen LogP) is 1.86. The number of benzene rings is 1. The van der Waals surface area contributed by atoms with Crippen molar-refractivity contribution in [2.75, 3.05) is 13.1 Å². The number of nitrogens with zero attached hydrogens (tertiary/aromatic N) is 1. The summed E-state index contributed by atoms with van der Waals surface area (Å²) in [5.74, 6) is 0. The van der Waals surface area contributed by atoms with Gasteiger partial charge in [-0.15, -0.1) is 0 Å². The summed E-state index contributed by atoms with van der Waals surface area (Å²) in [4.78, 5) is 10.2. The SMILES string of the molecule is O=[N+]([O-])c1cccc(COC2CCNCC2)c1.